The lowest BCUT2D eigenvalue weighted by Crippen LogP contribution is -2.38. The van der Waals surface area contributed by atoms with Gasteiger partial charge in [-0.1, -0.05) is 49.4 Å². The number of hydrogen-bond acceptors (Lipinski definition) is 3. The molecule has 2 atom stereocenters. The number of nitrogens with one attached hydrogen (secondary N) is 1. The van der Waals surface area contributed by atoms with Crippen LogP contribution in [0.2, 0.25) is 0 Å². The number of carbonyl (C=O) groups is 1. The topological polar surface area (TPSA) is 64.4 Å². The molecule has 0 radical (unpaired) electrons. The first-order valence-corrected chi connectivity index (χ1v) is 7.85. The van der Waals surface area contributed by atoms with Crippen molar-refractivity contribution in [2.24, 2.45) is 11.7 Å². The average molecular weight is 312 g/mol. The highest BCUT2D eigenvalue weighted by atomic mass is 16.5. The highest BCUT2D eigenvalue weighted by Crippen LogP contribution is 2.12. The summed E-state index contributed by atoms with van der Waals surface area (Å²) < 4.78 is 5.70. The van der Waals surface area contributed by atoms with Gasteiger partial charge in [-0.15, -0.1) is 0 Å². The first kappa shape index (κ1) is 17.0. The minimum atomic E-state index is -0.187. The second-order valence-electron chi connectivity index (χ2n) is 5.78. The summed E-state index contributed by atoms with van der Waals surface area (Å²) in [4.78, 5) is 11.9. The Morgan fingerprint density at radius 1 is 1.04 bits per heavy atom. The fraction of sp³-hybridized carbons (Fsp3) is 0.316. The Bertz CT molecular complexity index is 609. The first-order valence-electron chi connectivity index (χ1n) is 7.85. The van der Waals surface area contributed by atoms with Crippen LogP contribution in [0.25, 0.3) is 0 Å². The fourth-order valence-corrected chi connectivity index (χ4v) is 2.03. The van der Waals surface area contributed by atoms with E-state index in [4.69, 9.17) is 10.5 Å². The van der Waals surface area contributed by atoms with E-state index in [9.17, 15) is 4.79 Å². The van der Waals surface area contributed by atoms with Crippen molar-refractivity contribution in [3.63, 3.8) is 0 Å². The molecule has 2 aromatic rings. The predicted octanol–water partition coefficient (Wildman–Crippen LogP) is 2.87. The summed E-state index contributed by atoms with van der Waals surface area (Å²) in [5, 5.41) is 2.91. The zero-order valence-corrected chi connectivity index (χ0v) is 13.7. The molecule has 4 nitrogen and oxygen atoms in total. The van der Waals surface area contributed by atoms with Gasteiger partial charge in [0.2, 0.25) is 5.91 Å². The molecule has 0 fully saturated rings. The quantitative estimate of drug-likeness (QED) is 0.826. The monoisotopic (exact) mass is 312 g/mol. The molecule has 0 saturated heterocycles. The Hall–Kier alpha value is -2.33. The molecule has 0 bridgehead atoms. The number of ether oxygens (including phenoxy) is 1. The zero-order valence-electron chi connectivity index (χ0n) is 13.7. The summed E-state index contributed by atoms with van der Waals surface area (Å²) in [7, 11) is 0. The molecule has 2 aromatic carbocycles. The van der Waals surface area contributed by atoms with Crippen molar-refractivity contribution in [3.05, 3.63) is 65.7 Å². The molecule has 3 N–H and O–H groups in total. The van der Waals surface area contributed by atoms with E-state index in [0.29, 0.717) is 13.2 Å². The summed E-state index contributed by atoms with van der Waals surface area (Å²) >= 11 is 0. The largest absolute Gasteiger partial charge is 0.489 e. The van der Waals surface area contributed by atoms with Crippen LogP contribution in [0.15, 0.2) is 54.6 Å². The highest BCUT2D eigenvalue weighted by molar-refractivity contribution is 5.78. The number of rotatable bonds is 7. The fourth-order valence-electron chi connectivity index (χ4n) is 2.03. The summed E-state index contributed by atoms with van der Waals surface area (Å²) in [6.45, 7) is 4.71. The maximum Gasteiger partial charge on any atom is 0.224 e. The van der Waals surface area contributed by atoms with Crippen molar-refractivity contribution in [2.45, 2.75) is 33.0 Å². The maximum atomic E-state index is 11.9. The molecule has 0 aliphatic rings. The van der Waals surface area contributed by atoms with Crippen molar-refractivity contribution in [1.82, 2.24) is 5.32 Å². The molecule has 0 saturated carbocycles. The van der Waals surface area contributed by atoms with Gasteiger partial charge in [-0.05, 0) is 30.2 Å². The normalized spacial score (nSPS) is 13.2. The molecular formula is C19H24N2O2. The van der Waals surface area contributed by atoms with Gasteiger partial charge in [0, 0.05) is 18.5 Å². The Morgan fingerprint density at radius 3 is 2.26 bits per heavy atom. The lowest BCUT2D eigenvalue weighted by atomic mass is 10.0. The number of carbonyl (C=O) groups excluding carboxylic acids is 1. The van der Waals surface area contributed by atoms with Crippen molar-refractivity contribution in [3.8, 4) is 5.75 Å². The van der Waals surface area contributed by atoms with Gasteiger partial charge in [0.1, 0.15) is 12.4 Å². The summed E-state index contributed by atoms with van der Waals surface area (Å²) in [6, 6.07) is 17.6. The van der Waals surface area contributed by atoms with Crippen LogP contribution in [0.5, 0.6) is 5.75 Å². The van der Waals surface area contributed by atoms with Gasteiger partial charge in [0.15, 0.2) is 0 Å². The molecule has 122 valence electrons. The van der Waals surface area contributed by atoms with Crippen molar-refractivity contribution in [2.75, 3.05) is 0 Å². The standard InChI is InChI=1S/C19H24N2O2/c1-14(15(2)20)19(22)21-12-16-8-10-17(11-9-16)13-23-18-6-4-3-5-7-18/h3-11,14-15H,12-13,20H2,1-2H3,(H,21,22). The van der Waals surface area contributed by atoms with E-state index in [1.165, 1.54) is 0 Å². The average Bonchev–Trinajstić information content (AvgIpc) is 2.59. The summed E-state index contributed by atoms with van der Waals surface area (Å²) in [6.07, 6.45) is 0. The zero-order chi connectivity index (χ0) is 16.7. The van der Waals surface area contributed by atoms with Crippen molar-refractivity contribution < 1.29 is 9.53 Å². The number of hydrogen-bond donors (Lipinski definition) is 2. The minimum Gasteiger partial charge on any atom is -0.489 e. The molecule has 4 heteroatoms. The Morgan fingerprint density at radius 2 is 1.65 bits per heavy atom. The van der Waals surface area contributed by atoms with Crippen LogP contribution < -0.4 is 15.8 Å². The molecular weight excluding hydrogens is 288 g/mol. The third-order valence-corrected chi connectivity index (χ3v) is 3.84. The molecule has 0 spiro atoms. The van der Waals surface area contributed by atoms with E-state index < -0.39 is 0 Å². The lowest BCUT2D eigenvalue weighted by molar-refractivity contribution is -0.125. The molecule has 2 unspecified atom stereocenters. The number of nitrogens with two attached hydrogens (primary N) is 1. The maximum absolute atomic E-state index is 11.9. The van der Waals surface area contributed by atoms with E-state index in [1.54, 1.807) is 0 Å². The predicted molar refractivity (Wildman–Crippen MR) is 91.9 cm³/mol. The van der Waals surface area contributed by atoms with Gasteiger partial charge in [-0.3, -0.25) is 4.79 Å². The smallest absolute Gasteiger partial charge is 0.224 e. The number of para-hydroxylation sites is 1. The third kappa shape index (κ3) is 5.42. The van der Waals surface area contributed by atoms with Gasteiger partial charge in [0.05, 0.1) is 0 Å². The van der Waals surface area contributed by atoms with E-state index in [-0.39, 0.29) is 17.9 Å². The van der Waals surface area contributed by atoms with Crippen LogP contribution in [0, 0.1) is 5.92 Å². The summed E-state index contributed by atoms with van der Waals surface area (Å²) in [5.74, 6) is 0.652. The first-order chi connectivity index (χ1) is 11.1. The molecule has 0 aromatic heterocycles. The van der Waals surface area contributed by atoms with Crippen molar-refractivity contribution in [1.29, 1.82) is 0 Å². The van der Waals surface area contributed by atoms with Crippen molar-refractivity contribution >= 4 is 5.91 Å². The second-order valence-corrected chi connectivity index (χ2v) is 5.78. The van der Waals surface area contributed by atoms with Gasteiger partial charge < -0.3 is 15.8 Å². The lowest BCUT2D eigenvalue weighted by Gasteiger charge is -2.15. The molecule has 23 heavy (non-hydrogen) atoms. The highest BCUT2D eigenvalue weighted by Gasteiger charge is 2.16. The van der Waals surface area contributed by atoms with E-state index in [0.717, 1.165) is 16.9 Å². The SMILES string of the molecule is CC(N)C(C)C(=O)NCc1ccc(COc2ccccc2)cc1. The van der Waals surface area contributed by atoms with Gasteiger partial charge in [-0.2, -0.15) is 0 Å². The van der Waals surface area contributed by atoms with Crippen LogP contribution >= 0.6 is 0 Å². The van der Waals surface area contributed by atoms with Crippen LogP contribution in [-0.4, -0.2) is 11.9 Å². The van der Waals surface area contributed by atoms with Crippen LogP contribution in [0.3, 0.4) is 0 Å². The molecule has 0 aliphatic heterocycles. The van der Waals surface area contributed by atoms with Crippen LogP contribution in [0.1, 0.15) is 25.0 Å². The molecule has 2 rings (SSSR count). The van der Waals surface area contributed by atoms with Crippen LogP contribution in [0.4, 0.5) is 0 Å². The van der Waals surface area contributed by atoms with E-state index in [1.807, 2.05) is 68.4 Å². The summed E-state index contributed by atoms with van der Waals surface area (Å²) in [5.41, 5.74) is 7.88. The number of benzene rings is 2. The Labute approximate surface area is 137 Å². The van der Waals surface area contributed by atoms with Gasteiger partial charge >= 0.3 is 0 Å². The minimum absolute atomic E-state index is 0.0171. The Balaban J connectivity index is 1.81. The van der Waals surface area contributed by atoms with E-state index >= 15 is 0 Å². The van der Waals surface area contributed by atoms with Gasteiger partial charge in [0.25, 0.3) is 0 Å². The molecule has 1 amide bonds. The van der Waals surface area contributed by atoms with E-state index in [2.05, 4.69) is 5.32 Å². The molecule has 0 aliphatic carbocycles. The second kappa shape index (κ2) is 8.34. The van der Waals surface area contributed by atoms with Gasteiger partial charge in [-0.25, -0.2) is 0 Å². The molecule has 0 heterocycles. The van der Waals surface area contributed by atoms with Crippen LogP contribution in [-0.2, 0) is 17.9 Å². The third-order valence-electron chi connectivity index (χ3n) is 3.84. The Kier molecular flexibility index (Phi) is 6.18. The number of amides is 1.